The molecule has 3 rings (SSSR count). The summed E-state index contributed by atoms with van der Waals surface area (Å²) in [6, 6.07) is 13.7. The van der Waals surface area contributed by atoms with Crippen LogP contribution in [0.2, 0.25) is 0 Å². The molecule has 108 valence electrons. The number of hydrogen-bond donors (Lipinski definition) is 2. The normalized spacial score (nSPS) is 13.2. The first-order valence-corrected chi connectivity index (χ1v) is 8.31. The molecule has 1 aliphatic rings. The number of amides is 1. The van der Waals surface area contributed by atoms with E-state index in [1.165, 1.54) is 11.3 Å². The first kappa shape index (κ1) is 14.0. The number of carbonyl (C=O) groups is 1. The van der Waals surface area contributed by atoms with Crippen molar-refractivity contribution in [3.05, 3.63) is 53.6 Å². The molecule has 2 N–H and O–H groups in total. The van der Waals surface area contributed by atoms with Gasteiger partial charge in [-0.2, -0.15) is 0 Å². The van der Waals surface area contributed by atoms with Gasteiger partial charge in [0.15, 0.2) is 0 Å². The average Bonchev–Trinajstić information content (AvgIpc) is 2.55. The zero-order chi connectivity index (χ0) is 14.7. The molecule has 0 aromatic heterocycles. The van der Waals surface area contributed by atoms with Crippen LogP contribution in [0.1, 0.15) is 22.3 Å². The van der Waals surface area contributed by atoms with Crippen molar-refractivity contribution in [1.29, 1.82) is 0 Å². The van der Waals surface area contributed by atoms with Crippen molar-refractivity contribution in [2.45, 2.75) is 17.7 Å². The second kappa shape index (κ2) is 6.22. The van der Waals surface area contributed by atoms with E-state index in [4.69, 9.17) is 0 Å². The molecule has 0 fully saturated rings. The first-order valence-electron chi connectivity index (χ1n) is 7.08. The molecule has 21 heavy (non-hydrogen) atoms. The number of nitrogens with one attached hydrogen (secondary N) is 2. The van der Waals surface area contributed by atoms with E-state index in [2.05, 4.69) is 16.7 Å². The molecule has 0 aliphatic carbocycles. The van der Waals surface area contributed by atoms with E-state index in [0.717, 1.165) is 30.0 Å². The Bertz CT molecular complexity index is 652. The van der Waals surface area contributed by atoms with Crippen LogP contribution in [0.15, 0.2) is 47.4 Å². The number of fused-ring (bicyclic) bond motifs is 1. The Balaban J connectivity index is 1.74. The van der Waals surface area contributed by atoms with E-state index in [-0.39, 0.29) is 5.91 Å². The molecule has 1 heterocycles. The van der Waals surface area contributed by atoms with E-state index in [9.17, 15) is 4.79 Å². The number of aryl methyl sites for hydroxylation is 1. The van der Waals surface area contributed by atoms with E-state index in [0.29, 0.717) is 5.56 Å². The zero-order valence-corrected chi connectivity index (χ0v) is 12.8. The van der Waals surface area contributed by atoms with Gasteiger partial charge in [0, 0.05) is 28.4 Å². The summed E-state index contributed by atoms with van der Waals surface area (Å²) >= 11 is 1.67. The molecule has 2 aromatic rings. The Morgan fingerprint density at radius 1 is 1.19 bits per heavy atom. The van der Waals surface area contributed by atoms with Gasteiger partial charge in [-0.1, -0.05) is 0 Å². The van der Waals surface area contributed by atoms with Crippen LogP contribution in [-0.2, 0) is 6.42 Å². The minimum atomic E-state index is -0.0635. The van der Waals surface area contributed by atoms with Gasteiger partial charge in [0.25, 0.3) is 5.91 Å². The highest BCUT2D eigenvalue weighted by Gasteiger charge is 2.11. The number of benzene rings is 2. The van der Waals surface area contributed by atoms with E-state index < -0.39 is 0 Å². The largest absolute Gasteiger partial charge is 0.385 e. The van der Waals surface area contributed by atoms with Crippen LogP contribution in [0.3, 0.4) is 0 Å². The lowest BCUT2D eigenvalue weighted by Crippen LogP contribution is -2.14. The summed E-state index contributed by atoms with van der Waals surface area (Å²) in [5.41, 5.74) is 4.00. The van der Waals surface area contributed by atoms with Crippen LogP contribution >= 0.6 is 11.8 Å². The second-order valence-corrected chi connectivity index (χ2v) is 5.96. The van der Waals surface area contributed by atoms with Crippen molar-refractivity contribution in [3.63, 3.8) is 0 Å². The lowest BCUT2D eigenvalue weighted by atomic mass is 10.0. The maximum Gasteiger partial charge on any atom is 0.255 e. The van der Waals surface area contributed by atoms with Crippen molar-refractivity contribution in [1.82, 2.24) is 0 Å². The van der Waals surface area contributed by atoms with Crippen molar-refractivity contribution < 1.29 is 4.79 Å². The van der Waals surface area contributed by atoms with Gasteiger partial charge in [0.05, 0.1) is 0 Å². The maximum absolute atomic E-state index is 12.2. The van der Waals surface area contributed by atoms with Gasteiger partial charge in [-0.05, 0) is 67.1 Å². The van der Waals surface area contributed by atoms with Crippen molar-refractivity contribution >= 4 is 29.0 Å². The summed E-state index contributed by atoms with van der Waals surface area (Å²) in [5, 5.41) is 6.34. The van der Waals surface area contributed by atoms with Gasteiger partial charge >= 0.3 is 0 Å². The minimum Gasteiger partial charge on any atom is -0.385 e. The summed E-state index contributed by atoms with van der Waals surface area (Å²) in [6.07, 6.45) is 4.23. The molecular weight excluding hydrogens is 280 g/mol. The molecule has 1 aliphatic heterocycles. The van der Waals surface area contributed by atoms with Crippen LogP contribution in [-0.4, -0.2) is 18.7 Å². The molecule has 3 nitrogen and oxygen atoms in total. The molecule has 2 aromatic carbocycles. The van der Waals surface area contributed by atoms with E-state index in [1.54, 1.807) is 11.8 Å². The van der Waals surface area contributed by atoms with Crippen molar-refractivity contribution in [2.75, 3.05) is 23.4 Å². The monoisotopic (exact) mass is 298 g/mol. The third-order valence-corrected chi connectivity index (χ3v) is 4.40. The molecule has 0 spiro atoms. The van der Waals surface area contributed by atoms with Crippen LogP contribution in [0.5, 0.6) is 0 Å². The SMILES string of the molecule is CSc1ccc(C(=O)Nc2ccc3c(c2)CCCN3)cc1. The fraction of sp³-hybridized carbons (Fsp3) is 0.235. The minimum absolute atomic E-state index is 0.0635. The second-order valence-electron chi connectivity index (χ2n) is 5.08. The van der Waals surface area contributed by atoms with Gasteiger partial charge < -0.3 is 10.6 Å². The topological polar surface area (TPSA) is 41.1 Å². The lowest BCUT2D eigenvalue weighted by molar-refractivity contribution is 0.102. The summed E-state index contributed by atoms with van der Waals surface area (Å²) in [7, 11) is 0. The molecule has 0 saturated carbocycles. The van der Waals surface area contributed by atoms with Crippen LogP contribution < -0.4 is 10.6 Å². The highest BCUT2D eigenvalue weighted by molar-refractivity contribution is 7.98. The molecule has 1 amide bonds. The Hall–Kier alpha value is -1.94. The number of thioether (sulfide) groups is 1. The van der Waals surface area contributed by atoms with Gasteiger partial charge in [-0.25, -0.2) is 0 Å². The lowest BCUT2D eigenvalue weighted by Gasteiger charge is -2.18. The predicted octanol–water partition coefficient (Wildman–Crippen LogP) is 4.02. The van der Waals surface area contributed by atoms with Gasteiger partial charge in [0.1, 0.15) is 0 Å². The summed E-state index contributed by atoms with van der Waals surface area (Å²) in [6.45, 7) is 1.03. The maximum atomic E-state index is 12.2. The Morgan fingerprint density at radius 3 is 2.76 bits per heavy atom. The Kier molecular flexibility index (Phi) is 4.15. The highest BCUT2D eigenvalue weighted by Crippen LogP contribution is 2.25. The quantitative estimate of drug-likeness (QED) is 0.841. The number of rotatable bonds is 3. The highest BCUT2D eigenvalue weighted by atomic mass is 32.2. The fourth-order valence-electron chi connectivity index (χ4n) is 2.50. The third-order valence-electron chi connectivity index (χ3n) is 3.65. The molecule has 4 heteroatoms. The summed E-state index contributed by atoms with van der Waals surface area (Å²) < 4.78 is 0. The molecule has 0 atom stereocenters. The zero-order valence-electron chi connectivity index (χ0n) is 12.0. The van der Waals surface area contributed by atoms with Crippen molar-refractivity contribution in [3.8, 4) is 0 Å². The third kappa shape index (κ3) is 3.22. The molecule has 0 radical (unpaired) electrons. The van der Waals surface area contributed by atoms with Crippen LogP contribution in [0, 0.1) is 0 Å². The Labute approximate surface area is 129 Å². The summed E-state index contributed by atoms with van der Waals surface area (Å²) in [4.78, 5) is 13.4. The van der Waals surface area contributed by atoms with Crippen LogP contribution in [0.25, 0.3) is 0 Å². The number of anilines is 2. The molecular formula is C17H18N2OS. The Morgan fingerprint density at radius 2 is 2.00 bits per heavy atom. The average molecular weight is 298 g/mol. The van der Waals surface area contributed by atoms with E-state index in [1.807, 2.05) is 42.7 Å². The van der Waals surface area contributed by atoms with Crippen LogP contribution in [0.4, 0.5) is 11.4 Å². The molecule has 0 bridgehead atoms. The number of hydrogen-bond acceptors (Lipinski definition) is 3. The predicted molar refractivity (Wildman–Crippen MR) is 89.4 cm³/mol. The summed E-state index contributed by atoms with van der Waals surface area (Å²) in [5.74, 6) is -0.0635. The van der Waals surface area contributed by atoms with Gasteiger partial charge in [0.2, 0.25) is 0 Å². The van der Waals surface area contributed by atoms with E-state index >= 15 is 0 Å². The standard InChI is InChI=1S/C17H18N2OS/c1-21-15-7-4-12(5-8-15)17(20)19-14-6-9-16-13(11-14)3-2-10-18-16/h4-9,11,18H,2-3,10H2,1H3,(H,19,20). The fourth-order valence-corrected chi connectivity index (χ4v) is 2.91. The smallest absolute Gasteiger partial charge is 0.255 e. The number of carbonyl (C=O) groups excluding carboxylic acids is 1. The van der Waals surface area contributed by atoms with Gasteiger partial charge in [-0.3, -0.25) is 4.79 Å². The van der Waals surface area contributed by atoms with Crippen molar-refractivity contribution in [2.24, 2.45) is 0 Å². The van der Waals surface area contributed by atoms with Gasteiger partial charge in [-0.15, -0.1) is 11.8 Å². The first-order chi connectivity index (χ1) is 10.3. The molecule has 0 unspecified atom stereocenters. The molecule has 0 saturated heterocycles.